The number of hydrogen-bond acceptors (Lipinski definition) is 5. The van der Waals surface area contributed by atoms with Crippen LogP contribution in [0.4, 0.5) is 0 Å². The molecular formula is C33H53N3O4. The molecule has 0 radical (unpaired) electrons. The second-order valence-corrected chi connectivity index (χ2v) is 14.3. The lowest BCUT2D eigenvalue weighted by Gasteiger charge is -2.42. The van der Waals surface area contributed by atoms with Crippen molar-refractivity contribution in [1.29, 1.82) is 0 Å². The van der Waals surface area contributed by atoms with Crippen molar-refractivity contribution < 1.29 is 19.4 Å². The Labute approximate surface area is 242 Å². The molecule has 1 fully saturated rings. The highest BCUT2D eigenvalue weighted by molar-refractivity contribution is 6.39. The zero-order chi connectivity index (χ0) is 29.9. The number of piperidine rings is 1. The molecule has 0 saturated carbocycles. The average molecular weight is 556 g/mol. The normalized spacial score (nSPS) is 23.8. The molecular weight excluding hydrogens is 502 g/mol. The number of carbonyl (C=O) groups excluding carboxylic acids is 1. The predicted molar refractivity (Wildman–Crippen MR) is 162 cm³/mol. The van der Waals surface area contributed by atoms with Gasteiger partial charge in [-0.3, -0.25) is 4.79 Å². The highest BCUT2D eigenvalue weighted by atomic mass is 16.5. The largest absolute Gasteiger partial charge is 0.478 e. The molecule has 1 N–H and O–H groups in total. The van der Waals surface area contributed by atoms with Gasteiger partial charge >= 0.3 is 5.97 Å². The van der Waals surface area contributed by atoms with E-state index >= 15 is 0 Å². The predicted octanol–water partition coefficient (Wildman–Crippen LogP) is 7.17. The number of aliphatic imine (C=N–C) groups is 1. The van der Waals surface area contributed by atoms with E-state index in [-0.39, 0.29) is 34.4 Å². The molecule has 2 aliphatic heterocycles. The minimum Gasteiger partial charge on any atom is -0.478 e. The molecule has 4 atom stereocenters. The van der Waals surface area contributed by atoms with Crippen LogP contribution in [0.5, 0.6) is 0 Å². The molecule has 3 unspecified atom stereocenters. The molecule has 0 bridgehead atoms. The van der Waals surface area contributed by atoms with E-state index < -0.39 is 11.6 Å². The lowest BCUT2D eigenvalue weighted by atomic mass is 9.75. The molecule has 0 aromatic heterocycles. The Bertz CT molecular complexity index is 1050. The Balaban J connectivity index is 2.06. The van der Waals surface area contributed by atoms with Gasteiger partial charge in [0.2, 0.25) is 0 Å². The molecule has 2 heterocycles. The fraction of sp³-hybridized carbons (Fsp3) is 0.727. The van der Waals surface area contributed by atoms with Crippen molar-refractivity contribution in [2.24, 2.45) is 21.7 Å². The second kappa shape index (κ2) is 12.6. The molecule has 1 aromatic rings. The van der Waals surface area contributed by atoms with Gasteiger partial charge in [-0.25, -0.2) is 9.79 Å². The third-order valence-electron chi connectivity index (χ3n) is 8.99. The number of rotatable bonds is 10. The van der Waals surface area contributed by atoms with Crippen LogP contribution in [-0.4, -0.2) is 64.6 Å². The average Bonchev–Trinajstić information content (AvgIpc) is 3.14. The first kappa shape index (κ1) is 32.1. The number of carboxylic acid groups (broad SMARTS) is 1. The molecule has 2 aliphatic rings. The molecule has 7 heteroatoms. The van der Waals surface area contributed by atoms with Crippen LogP contribution in [-0.2, 0) is 9.53 Å². The van der Waals surface area contributed by atoms with Crippen molar-refractivity contribution in [3.05, 3.63) is 35.4 Å². The van der Waals surface area contributed by atoms with Crippen LogP contribution in [0.25, 0.3) is 0 Å². The van der Waals surface area contributed by atoms with Gasteiger partial charge in [0.1, 0.15) is 5.66 Å². The summed E-state index contributed by atoms with van der Waals surface area (Å²) in [5, 5.41) is 9.49. The Morgan fingerprint density at radius 3 is 2.33 bits per heavy atom. The number of methoxy groups -OCH3 is 1. The van der Waals surface area contributed by atoms with Gasteiger partial charge in [-0.15, -0.1) is 0 Å². The summed E-state index contributed by atoms with van der Waals surface area (Å²) in [7, 11) is 1.74. The maximum absolute atomic E-state index is 14.5. The van der Waals surface area contributed by atoms with Crippen molar-refractivity contribution in [1.82, 2.24) is 9.80 Å². The molecule has 1 saturated heterocycles. The van der Waals surface area contributed by atoms with E-state index in [2.05, 4.69) is 60.3 Å². The molecule has 224 valence electrons. The summed E-state index contributed by atoms with van der Waals surface area (Å²) < 4.78 is 5.68. The van der Waals surface area contributed by atoms with Crippen LogP contribution in [0.3, 0.4) is 0 Å². The maximum atomic E-state index is 14.5. The standard InChI is InChI=1S/C33H53N3O4/c1-10-25(32(5,6)7)17-20-33(8)34-28(35-21-11-12-26(22-35)40-9)29(37)36(33)27(18-19-31(2,3)4)23-13-15-24(16-14-23)30(38)39/h13-16,25-27H,10-12,17-22H2,1-9H3,(H,38,39)/t25?,26?,27-,33?/m1/s1. The quantitative estimate of drug-likeness (QED) is 0.331. The van der Waals surface area contributed by atoms with Crippen molar-refractivity contribution in [3.8, 4) is 0 Å². The van der Waals surface area contributed by atoms with Gasteiger partial charge in [-0.05, 0) is 79.9 Å². The monoisotopic (exact) mass is 555 g/mol. The van der Waals surface area contributed by atoms with Crippen LogP contribution in [0.2, 0.25) is 0 Å². The summed E-state index contributed by atoms with van der Waals surface area (Å²) in [5.74, 6) is 0.0904. The number of carbonyl (C=O) groups is 2. The van der Waals surface area contributed by atoms with Crippen LogP contribution in [0.15, 0.2) is 29.3 Å². The molecule has 40 heavy (non-hydrogen) atoms. The van der Waals surface area contributed by atoms with Crippen molar-refractivity contribution in [2.45, 2.75) is 118 Å². The van der Waals surface area contributed by atoms with Gasteiger partial charge in [0, 0.05) is 20.2 Å². The summed E-state index contributed by atoms with van der Waals surface area (Å²) in [6.07, 6.45) is 6.57. The molecule has 0 aliphatic carbocycles. The summed E-state index contributed by atoms with van der Waals surface area (Å²) in [6, 6.07) is 6.87. The number of hydrogen-bond donors (Lipinski definition) is 1. The van der Waals surface area contributed by atoms with Crippen molar-refractivity contribution in [3.63, 3.8) is 0 Å². The van der Waals surface area contributed by atoms with Gasteiger partial charge in [0.15, 0.2) is 5.84 Å². The first-order valence-electron chi connectivity index (χ1n) is 15.1. The third-order valence-corrected chi connectivity index (χ3v) is 8.99. The van der Waals surface area contributed by atoms with E-state index in [9.17, 15) is 14.7 Å². The van der Waals surface area contributed by atoms with Crippen LogP contribution >= 0.6 is 0 Å². The highest BCUT2D eigenvalue weighted by Crippen LogP contribution is 2.44. The van der Waals surface area contributed by atoms with Gasteiger partial charge in [-0.1, -0.05) is 67.0 Å². The Hall–Kier alpha value is -2.41. The first-order chi connectivity index (χ1) is 18.6. The minimum atomic E-state index is -0.948. The van der Waals surface area contributed by atoms with Gasteiger partial charge < -0.3 is 19.6 Å². The van der Waals surface area contributed by atoms with E-state index in [0.29, 0.717) is 18.3 Å². The highest BCUT2D eigenvalue weighted by Gasteiger charge is 2.49. The number of benzene rings is 1. The maximum Gasteiger partial charge on any atom is 0.335 e. The van der Waals surface area contributed by atoms with E-state index in [4.69, 9.17) is 9.73 Å². The number of ether oxygens (including phenoxy) is 1. The number of nitrogens with zero attached hydrogens (tertiary/aromatic N) is 3. The van der Waals surface area contributed by atoms with E-state index in [0.717, 1.165) is 57.1 Å². The SMILES string of the molecule is CCC(CCC1(C)N=C(N2CCCC(OC)C2)C(=O)N1[C@H](CCC(C)(C)C)c1ccc(C(=O)O)cc1)C(C)(C)C. The second-order valence-electron chi connectivity index (χ2n) is 14.3. The topological polar surface area (TPSA) is 82.4 Å². The summed E-state index contributed by atoms with van der Waals surface area (Å²) >= 11 is 0. The van der Waals surface area contributed by atoms with E-state index in [1.165, 1.54) is 0 Å². The number of aromatic carboxylic acids is 1. The van der Waals surface area contributed by atoms with E-state index in [1.807, 2.05) is 17.0 Å². The number of amides is 1. The summed E-state index contributed by atoms with van der Waals surface area (Å²) in [4.78, 5) is 35.5. The molecule has 3 rings (SSSR count). The van der Waals surface area contributed by atoms with Gasteiger partial charge in [0.05, 0.1) is 17.7 Å². The van der Waals surface area contributed by atoms with E-state index in [1.54, 1.807) is 19.2 Å². The Kier molecular flexibility index (Phi) is 10.1. The van der Waals surface area contributed by atoms with Crippen molar-refractivity contribution >= 4 is 17.7 Å². The fourth-order valence-corrected chi connectivity index (χ4v) is 6.40. The number of likely N-dealkylation sites (tertiary alicyclic amines) is 1. The lowest BCUT2D eigenvalue weighted by Crippen LogP contribution is -2.50. The number of carboxylic acids is 1. The van der Waals surface area contributed by atoms with Crippen LogP contribution < -0.4 is 0 Å². The smallest absolute Gasteiger partial charge is 0.335 e. The summed E-state index contributed by atoms with van der Waals surface area (Å²) in [5.41, 5.74) is 0.767. The van der Waals surface area contributed by atoms with Gasteiger partial charge in [0.25, 0.3) is 5.91 Å². The van der Waals surface area contributed by atoms with Crippen molar-refractivity contribution in [2.75, 3.05) is 20.2 Å². The lowest BCUT2D eigenvalue weighted by molar-refractivity contribution is -0.132. The Morgan fingerprint density at radius 1 is 1.15 bits per heavy atom. The fourth-order valence-electron chi connectivity index (χ4n) is 6.40. The molecule has 1 aromatic carbocycles. The molecule has 1 amide bonds. The van der Waals surface area contributed by atoms with Gasteiger partial charge in [-0.2, -0.15) is 0 Å². The molecule has 0 spiro atoms. The number of amidine groups is 1. The molecule has 7 nitrogen and oxygen atoms in total. The van der Waals surface area contributed by atoms with Crippen LogP contribution in [0.1, 0.15) is 122 Å². The summed E-state index contributed by atoms with van der Waals surface area (Å²) in [6.45, 7) is 19.4. The van der Waals surface area contributed by atoms with Crippen LogP contribution in [0, 0.1) is 16.7 Å². The zero-order valence-electron chi connectivity index (χ0n) is 26.4. The first-order valence-corrected chi connectivity index (χ1v) is 15.1. The zero-order valence-corrected chi connectivity index (χ0v) is 26.4. The third kappa shape index (κ3) is 7.65. The Morgan fingerprint density at radius 2 is 1.80 bits per heavy atom. The minimum absolute atomic E-state index is 0.0238.